The highest BCUT2D eigenvalue weighted by atomic mass is 35.5. The lowest BCUT2D eigenvalue weighted by Gasteiger charge is -2.21. The molecule has 1 aromatic heterocycles. The van der Waals surface area contributed by atoms with E-state index >= 15 is 0 Å². The molecule has 1 amide bonds. The minimum atomic E-state index is -0.541. The molecule has 1 atom stereocenters. The van der Waals surface area contributed by atoms with Crippen LogP contribution >= 0.6 is 11.6 Å². The lowest BCUT2D eigenvalue weighted by Crippen LogP contribution is -2.35. The van der Waals surface area contributed by atoms with Crippen LogP contribution in [0.3, 0.4) is 0 Å². The maximum absolute atomic E-state index is 11.6. The second-order valence-electron chi connectivity index (χ2n) is 4.79. The summed E-state index contributed by atoms with van der Waals surface area (Å²) < 4.78 is 10.1. The first-order valence-corrected chi connectivity index (χ1v) is 6.27. The van der Waals surface area contributed by atoms with Crippen molar-refractivity contribution < 1.29 is 14.1 Å². The van der Waals surface area contributed by atoms with Gasteiger partial charge in [0.15, 0.2) is 5.82 Å². The molecule has 0 aliphatic carbocycles. The maximum atomic E-state index is 11.6. The molecule has 0 fully saturated rings. The molecule has 1 N–H and O–H groups in total. The zero-order valence-corrected chi connectivity index (χ0v) is 11.7. The van der Waals surface area contributed by atoms with Gasteiger partial charge in [-0.05, 0) is 27.2 Å². The Balaban J connectivity index is 2.64. The van der Waals surface area contributed by atoms with E-state index < -0.39 is 11.7 Å². The van der Waals surface area contributed by atoms with E-state index in [1.807, 2.05) is 6.92 Å². The summed E-state index contributed by atoms with van der Waals surface area (Å²) in [4.78, 5) is 15.7. The Kier molecular flexibility index (Phi) is 4.95. The van der Waals surface area contributed by atoms with Crippen LogP contribution in [-0.4, -0.2) is 21.8 Å². The molecule has 0 saturated carbocycles. The fourth-order valence-corrected chi connectivity index (χ4v) is 1.37. The quantitative estimate of drug-likeness (QED) is 0.855. The van der Waals surface area contributed by atoms with Crippen LogP contribution in [0.25, 0.3) is 0 Å². The number of alkyl halides is 1. The van der Waals surface area contributed by atoms with Crippen molar-refractivity contribution in [2.45, 2.75) is 51.6 Å². The van der Waals surface area contributed by atoms with Crippen molar-refractivity contribution in [1.82, 2.24) is 15.5 Å². The zero-order chi connectivity index (χ0) is 13.8. The van der Waals surface area contributed by atoms with Gasteiger partial charge < -0.3 is 14.6 Å². The first-order valence-electron chi connectivity index (χ1n) is 5.73. The summed E-state index contributed by atoms with van der Waals surface area (Å²) in [6.45, 7) is 7.30. The van der Waals surface area contributed by atoms with Crippen molar-refractivity contribution in [3.63, 3.8) is 0 Å². The predicted octanol–water partition coefficient (Wildman–Crippen LogP) is 2.78. The molecule has 102 valence electrons. The summed E-state index contributed by atoms with van der Waals surface area (Å²) in [6, 6.07) is -0.347. The highest BCUT2D eigenvalue weighted by molar-refractivity contribution is 6.16. The van der Waals surface area contributed by atoms with Crippen LogP contribution in [0.5, 0.6) is 0 Å². The third-order valence-electron chi connectivity index (χ3n) is 2.01. The van der Waals surface area contributed by atoms with Crippen LogP contribution in [0.2, 0.25) is 0 Å². The van der Waals surface area contributed by atoms with Crippen LogP contribution < -0.4 is 5.32 Å². The number of ether oxygens (including phenoxy) is 1. The van der Waals surface area contributed by atoms with E-state index in [1.54, 1.807) is 20.8 Å². The average Bonchev–Trinajstić information content (AvgIpc) is 2.71. The van der Waals surface area contributed by atoms with Crippen molar-refractivity contribution in [3.05, 3.63) is 11.7 Å². The summed E-state index contributed by atoms with van der Waals surface area (Å²) in [7, 11) is 0. The van der Waals surface area contributed by atoms with Gasteiger partial charge in [0.2, 0.25) is 5.89 Å². The summed E-state index contributed by atoms with van der Waals surface area (Å²) in [5.41, 5.74) is -0.541. The molecular formula is C11H18ClN3O3. The maximum Gasteiger partial charge on any atom is 0.408 e. The predicted molar refractivity (Wildman–Crippen MR) is 66.3 cm³/mol. The van der Waals surface area contributed by atoms with Gasteiger partial charge in [-0.3, -0.25) is 0 Å². The molecule has 1 heterocycles. The Hall–Kier alpha value is -1.30. The summed E-state index contributed by atoms with van der Waals surface area (Å²) in [5, 5.41) is 6.45. The van der Waals surface area contributed by atoms with Crippen LogP contribution in [-0.2, 0) is 10.6 Å². The van der Waals surface area contributed by atoms with Crippen molar-refractivity contribution in [3.8, 4) is 0 Å². The van der Waals surface area contributed by atoms with E-state index in [2.05, 4.69) is 15.5 Å². The van der Waals surface area contributed by atoms with Crippen molar-refractivity contribution >= 4 is 17.7 Å². The van der Waals surface area contributed by atoms with Gasteiger partial charge in [0, 0.05) is 0 Å². The number of carbonyl (C=O) groups excluding carboxylic acids is 1. The largest absolute Gasteiger partial charge is 0.444 e. The Labute approximate surface area is 111 Å². The Bertz CT molecular complexity index is 400. The van der Waals surface area contributed by atoms with E-state index in [9.17, 15) is 4.79 Å². The van der Waals surface area contributed by atoms with Crippen molar-refractivity contribution in [2.24, 2.45) is 0 Å². The number of alkyl carbamates (subject to hydrolysis) is 1. The number of halogens is 1. The molecule has 1 rings (SSSR count). The van der Waals surface area contributed by atoms with Gasteiger partial charge in [-0.2, -0.15) is 4.98 Å². The van der Waals surface area contributed by atoms with E-state index in [0.717, 1.165) is 0 Å². The SMILES string of the molecule is CC[C@@H](NC(=O)OC(C)(C)C)c1noc(CCl)n1. The Morgan fingerprint density at radius 2 is 2.22 bits per heavy atom. The lowest BCUT2D eigenvalue weighted by atomic mass is 10.2. The smallest absolute Gasteiger partial charge is 0.408 e. The summed E-state index contributed by atoms with van der Waals surface area (Å²) in [6.07, 6.45) is 0.118. The van der Waals surface area contributed by atoms with E-state index in [4.69, 9.17) is 20.9 Å². The molecule has 0 spiro atoms. The van der Waals surface area contributed by atoms with Gasteiger partial charge >= 0.3 is 6.09 Å². The monoisotopic (exact) mass is 275 g/mol. The second-order valence-corrected chi connectivity index (χ2v) is 5.05. The number of rotatable bonds is 4. The highest BCUT2D eigenvalue weighted by Crippen LogP contribution is 2.15. The first kappa shape index (κ1) is 14.8. The number of nitrogens with zero attached hydrogens (tertiary/aromatic N) is 2. The third kappa shape index (κ3) is 4.52. The molecule has 0 aliphatic heterocycles. The molecule has 18 heavy (non-hydrogen) atoms. The molecular weight excluding hydrogens is 258 g/mol. The summed E-state index contributed by atoms with van der Waals surface area (Å²) in [5.74, 6) is 0.880. The first-order chi connectivity index (χ1) is 8.35. The molecule has 0 aliphatic rings. The topological polar surface area (TPSA) is 77.2 Å². The van der Waals surface area contributed by atoms with Gasteiger partial charge in [0.05, 0.1) is 6.04 Å². The van der Waals surface area contributed by atoms with E-state index in [0.29, 0.717) is 18.1 Å². The standard InChI is InChI=1S/C11H18ClN3O3/c1-5-7(9-14-8(6-12)18-15-9)13-10(16)17-11(2,3)4/h7H,5-6H2,1-4H3,(H,13,16)/t7-/m1/s1. The van der Waals surface area contributed by atoms with Crippen molar-refractivity contribution in [1.29, 1.82) is 0 Å². The van der Waals surface area contributed by atoms with Crippen LogP contribution in [0.4, 0.5) is 4.79 Å². The summed E-state index contributed by atoms with van der Waals surface area (Å²) >= 11 is 5.57. The van der Waals surface area contributed by atoms with Gasteiger partial charge in [0.1, 0.15) is 11.5 Å². The van der Waals surface area contributed by atoms with Gasteiger partial charge in [-0.15, -0.1) is 11.6 Å². The van der Waals surface area contributed by atoms with E-state index in [1.165, 1.54) is 0 Å². The molecule has 0 saturated heterocycles. The average molecular weight is 276 g/mol. The zero-order valence-electron chi connectivity index (χ0n) is 11.0. The number of hydrogen-bond acceptors (Lipinski definition) is 5. The molecule has 0 unspecified atom stereocenters. The number of carbonyl (C=O) groups is 1. The van der Waals surface area contributed by atoms with Crippen LogP contribution in [0.1, 0.15) is 51.9 Å². The van der Waals surface area contributed by atoms with Crippen LogP contribution in [0.15, 0.2) is 4.52 Å². The highest BCUT2D eigenvalue weighted by Gasteiger charge is 2.22. The third-order valence-corrected chi connectivity index (χ3v) is 2.24. The van der Waals surface area contributed by atoms with E-state index in [-0.39, 0.29) is 11.9 Å². The molecule has 1 aromatic rings. The molecule has 0 aromatic carbocycles. The minimum absolute atomic E-state index is 0.149. The molecule has 0 radical (unpaired) electrons. The number of amides is 1. The number of nitrogens with one attached hydrogen (secondary N) is 1. The second kappa shape index (κ2) is 6.04. The molecule has 0 bridgehead atoms. The van der Waals surface area contributed by atoms with Crippen LogP contribution in [0, 0.1) is 0 Å². The Morgan fingerprint density at radius 1 is 1.56 bits per heavy atom. The van der Waals surface area contributed by atoms with Gasteiger partial charge in [0.25, 0.3) is 0 Å². The Morgan fingerprint density at radius 3 is 2.67 bits per heavy atom. The lowest BCUT2D eigenvalue weighted by molar-refractivity contribution is 0.0499. The minimum Gasteiger partial charge on any atom is -0.444 e. The fraction of sp³-hybridized carbons (Fsp3) is 0.727. The molecule has 7 heteroatoms. The normalized spacial score (nSPS) is 13.2. The van der Waals surface area contributed by atoms with Crippen molar-refractivity contribution in [2.75, 3.05) is 0 Å². The molecule has 6 nitrogen and oxygen atoms in total. The number of aromatic nitrogens is 2. The number of hydrogen-bond donors (Lipinski definition) is 1. The fourth-order valence-electron chi connectivity index (χ4n) is 1.26. The van der Waals surface area contributed by atoms with Gasteiger partial charge in [-0.25, -0.2) is 4.79 Å². The van der Waals surface area contributed by atoms with Gasteiger partial charge in [-0.1, -0.05) is 12.1 Å².